The Kier molecular flexibility index (Phi) is 5.11. The van der Waals surface area contributed by atoms with Crippen molar-refractivity contribution in [3.05, 3.63) is 48.0 Å². The Bertz CT molecular complexity index is 643. The van der Waals surface area contributed by atoms with Crippen molar-refractivity contribution in [2.75, 3.05) is 18.6 Å². The van der Waals surface area contributed by atoms with Gasteiger partial charge in [0.05, 0.1) is 17.9 Å². The molecule has 0 atom stereocenters. The van der Waals surface area contributed by atoms with Gasteiger partial charge in [-0.15, -0.1) is 11.8 Å². The summed E-state index contributed by atoms with van der Waals surface area (Å²) in [4.78, 5) is 12.8. The summed E-state index contributed by atoms with van der Waals surface area (Å²) in [5, 5.41) is 0. The molecule has 0 bridgehead atoms. The normalized spacial score (nSPS) is 10.2. The van der Waals surface area contributed by atoms with Crippen LogP contribution >= 0.6 is 11.8 Å². The molecule has 110 valence electrons. The number of ether oxygens (including phenoxy) is 2. The molecule has 2 rings (SSSR count). The number of anilines is 1. The number of benzene rings is 2. The molecule has 0 unspecified atom stereocenters. The highest BCUT2D eigenvalue weighted by Gasteiger charge is 2.12. The summed E-state index contributed by atoms with van der Waals surface area (Å²) in [6, 6.07) is 12.5. The molecule has 0 saturated heterocycles. The fourth-order valence-corrected chi connectivity index (χ4v) is 2.31. The van der Waals surface area contributed by atoms with E-state index in [0.29, 0.717) is 29.4 Å². The van der Waals surface area contributed by atoms with Gasteiger partial charge >= 0.3 is 5.97 Å². The van der Waals surface area contributed by atoms with Crippen molar-refractivity contribution in [2.45, 2.75) is 11.8 Å². The molecule has 5 heteroatoms. The fourth-order valence-electron chi connectivity index (χ4n) is 1.79. The number of carbonyl (C=O) groups is 1. The van der Waals surface area contributed by atoms with Crippen molar-refractivity contribution in [2.24, 2.45) is 0 Å². The minimum atomic E-state index is -0.388. The van der Waals surface area contributed by atoms with Gasteiger partial charge in [-0.25, -0.2) is 4.79 Å². The molecule has 0 radical (unpaired) electrons. The molecule has 2 aromatic rings. The first-order valence-corrected chi connectivity index (χ1v) is 7.75. The molecule has 0 aliphatic rings. The SMILES string of the molecule is CCOC(=O)c1ccc(N)c(Oc2ccccc2SC)c1. The first-order valence-electron chi connectivity index (χ1n) is 6.53. The predicted octanol–water partition coefficient (Wildman–Crippen LogP) is 3.96. The summed E-state index contributed by atoms with van der Waals surface area (Å²) in [6.45, 7) is 2.09. The second-order valence-electron chi connectivity index (χ2n) is 4.23. The van der Waals surface area contributed by atoms with Gasteiger partial charge in [-0.1, -0.05) is 12.1 Å². The van der Waals surface area contributed by atoms with Gasteiger partial charge in [-0.05, 0) is 43.5 Å². The van der Waals surface area contributed by atoms with E-state index in [1.165, 1.54) is 0 Å². The van der Waals surface area contributed by atoms with E-state index < -0.39 is 0 Å². The molecule has 0 aliphatic heterocycles. The van der Waals surface area contributed by atoms with Crippen LogP contribution in [0.15, 0.2) is 47.4 Å². The molecule has 0 heterocycles. The summed E-state index contributed by atoms with van der Waals surface area (Å²) in [7, 11) is 0. The predicted molar refractivity (Wildman–Crippen MR) is 85.1 cm³/mol. The number of thioether (sulfide) groups is 1. The Morgan fingerprint density at radius 3 is 2.67 bits per heavy atom. The van der Waals surface area contributed by atoms with Crippen molar-refractivity contribution >= 4 is 23.4 Å². The van der Waals surface area contributed by atoms with Gasteiger partial charge in [-0.3, -0.25) is 0 Å². The molecule has 21 heavy (non-hydrogen) atoms. The largest absolute Gasteiger partial charge is 0.462 e. The highest BCUT2D eigenvalue weighted by atomic mass is 32.2. The quantitative estimate of drug-likeness (QED) is 0.514. The second kappa shape index (κ2) is 7.04. The lowest BCUT2D eigenvalue weighted by Crippen LogP contribution is -2.05. The zero-order valence-corrected chi connectivity index (χ0v) is 12.8. The molecule has 0 spiro atoms. The molecular weight excluding hydrogens is 286 g/mol. The number of rotatable bonds is 5. The molecule has 4 nitrogen and oxygen atoms in total. The molecule has 0 aliphatic carbocycles. The number of carbonyl (C=O) groups excluding carboxylic acids is 1. The van der Waals surface area contributed by atoms with Crippen LogP contribution in [0.1, 0.15) is 17.3 Å². The molecule has 2 N–H and O–H groups in total. The Morgan fingerprint density at radius 2 is 1.95 bits per heavy atom. The summed E-state index contributed by atoms with van der Waals surface area (Å²) < 4.78 is 10.8. The third-order valence-corrected chi connectivity index (χ3v) is 3.59. The van der Waals surface area contributed by atoms with E-state index >= 15 is 0 Å². The van der Waals surface area contributed by atoms with E-state index in [9.17, 15) is 4.79 Å². The van der Waals surface area contributed by atoms with Gasteiger partial charge in [0, 0.05) is 4.90 Å². The van der Waals surface area contributed by atoms with Gasteiger partial charge in [0.25, 0.3) is 0 Å². The lowest BCUT2D eigenvalue weighted by Gasteiger charge is -2.12. The van der Waals surface area contributed by atoms with Gasteiger partial charge in [-0.2, -0.15) is 0 Å². The van der Waals surface area contributed by atoms with Crippen LogP contribution in [-0.2, 0) is 4.74 Å². The van der Waals surface area contributed by atoms with E-state index in [1.807, 2.05) is 30.5 Å². The summed E-state index contributed by atoms with van der Waals surface area (Å²) in [5.74, 6) is 0.764. The molecule has 2 aromatic carbocycles. The maximum Gasteiger partial charge on any atom is 0.338 e. The van der Waals surface area contributed by atoms with Crippen LogP contribution < -0.4 is 10.5 Å². The fraction of sp³-hybridized carbons (Fsp3) is 0.188. The van der Waals surface area contributed by atoms with E-state index in [1.54, 1.807) is 36.9 Å². The summed E-state index contributed by atoms with van der Waals surface area (Å²) in [6.07, 6.45) is 1.97. The van der Waals surface area contributed by atoms with Crippen LogP contribution in [-0.4, -0.2) is 18.8 Å². The lowest BCUT2D eigenvalue weighted by molar-refractivity contribution is 0.0526. The van der Waals surface area contributed by atoms with Crippen LogP contribution in [0, 0.1) is 0 Å². The molecule has 0 fully saturated rings. The van der Waals surface area contributed by atoms with E-state index in [4.69, 9.17) is 15.2 Å². The summed E-state index contributed by atoms with van der Waals surface area (Å²) >= 11 is 1.58. The highest BCUT2D eigenvalue weighted by molar-refractivity contribution is 7.98. The zero-order chi connectivity index (χ0) is 15.2. The third kappa shape index (κ3) is 3.70. The van der Waals surface area contributed by atoms with Crippen LogP contribution in [0.5, 0.6) is 11.5 Å². The number of nitrogens with two attached hydrogens (primary N) is 1. The average molecular weight is 303 g/mol. The van der Waals surface area contributed by atoms with Crippen molar-refractivity contribution in [1.29, 1.82) is 0 Å². The highest BCUT2D eigenvalue weighted by Crippen LogP contribution is 2.34. The minimum absolute atomic E-state index is 0.328. The lowest BCUT2D eigenvalue weighted by atomic mass is 10.2. The van der Waals surface area contributed by atoms with Crippen LogP contribution in [0.2, 0.25) is 0 Å². The van der Waals surface area contributed by atoms with Gasteiger partial charge in [0.2, 0.25) is 0 Å². The van der Waals surface area contributed by atoms with Gasteiger partial charge < -0.3 is 15.2 Å². The van der Waals surface area contributed by atoms with E-state index in [0.717, 1.165) is 4.90 Å². The number of esters is 1. The molecular formula is C16H17NO3S. The number of para-hydroxylation sites is 1. The maximum absolute atomic E-state index is 11.8. The Labute approximate surface area is 128 Å². The standard InChI is InChI=1S/C16H17NO3S/c1-3-19-16(18)11-8-9-12(17)14(10-11)20-13-6-4-5-7-15(13)21-2/h4-10H,3,17H2,1-2H3. The van der Waals surface area contributed by atoms with Crippen LogP contribution in [0.3, 0.4) is 0 Å². The number of hydrogen-bond donors (Lipinski definition) is 1. The number of nitrogen functional groups attached to an aromatic ring is 1. The van der Waals surface area contributed by atoms with Crippen molar-refractivity contribution in [1.82, 2.24) is 0 Å². The van der Waals surface area contributed by atoms with E-state index in [2.05, 4.69) is 0 Å². The zero-order valence-electron chi connectivity index (χ0n) is 12.0. The van der Waals surface area contributed by atoms with Gasteiger partial charge in [0.1, 0.15) is 5.75 Å². The van der Waals surface area contributed by atoms with Crippen LogP contribution in [0.25, 0.3) is 0 Å². The Morgan fingerprint density at radius 1 is 1.19 bits per heavy atom. The minimum Gasteiger partial charge on any atom is -0.462 e. The Hall–Kier alpha value is -2.14. The topological polar surface area (TPSA) is 61.5 Å². The van der Waals surface area contributed by atoms with Gasteiger partial charge in [0.15, 0.2) is 5.75 Å². The average Bonchev–Trinajstić information content (AvgIpc) is 2.50. The summed E-state index contributed by atoms with van der Waals surface area (Å²) in [5.41, 5.74) is 6.81. The third-order valence-electron chi connectivity index (χ3n) is 2.81. The number of hydrogen-bond acceptors (Lipinski definition) is 5. The molecule has 0 saturated carbocycles. The second-order valence-corrected chi connectivity index (χ2v) is 5.07. The Balaban J connectivity index is 2.31. The first-order chi connectivity index (χ1) is 10.2. The van der Waals surface area contributed by atoms with Crippen molar-refractivity contribution in [3.8, 4) is 11.5 Å². The monoisotopic (exact) mass is 303 g/mol. The molecule has 0 aromatic heterocycles. The van der Waals surface area contributed by atoms with E-state index in [-0.39, 0.29) is 5.97 Å². The van der Waals surface area contributed by atoms with Crippen molar-refractivity contribution < 1.29 is 14.3 Å². The smallest absolute Gasteiger partial charge is 0.338 e. The van der Waals surface area contributed by atoms with Crippen LogP contribution in [0.4, 0.5) is 5.69 Å². The maximum atomic E-state index is 11.8. The first kappa shape index (κ1) is 15.3. The molecule has 0 amide bonds. The van der Waals surface area contributed by atoms with Crippen molar-refractivity contribution in [3.63, 3.8) is 0 Å².